The molecule has 1 aliphatic rings. The van der Waals surface area contributed by atoms with Crippen LogP contribution in [0.2, 0.25) is 0 Å². The van der Waals surface area contributed by atoms with Crippen molar-refractivity contribution in [1.29, 1.82) is 0 Å². The van der Waals surface area contributed by atoms with E-state index in [0.29, 0.717) is 42.4 Å². The molecule has 0 radical (unpaired) electrons. The van der Waals surface area contributed by atoms with Gasteiger partial charge in [0.05, 0.1) is 35.3 Å². The maximum absolute atomic E-state index is 12.8. The highest BCUT2D eigenvalue weighted by Gasteiger charge is 2.30. The van der Waals surface area contributed by atoms with E-state index in [-0.39, 0.29) is 11.9 Å². The monoisotopic (exact) mass is 500 g/mol. The van der Waals surface area contributed by atoms with Crippen LogP contribution < -0.4 is 10.2 Å². The van der Waals surface area contributed by atoms with E-state index in [2.05, 4.69) is 25.4 Å². The fraction of sp³-hybridized carbons (Fsp3) is 0.346. The quantitative estimate of drug-likeness (QED) is 0.450. The number of piperidine rings is 1. The Labute approximate surface area is 213 Å². The zero-order valence-corrected chi connectivity index (χ0v) is 21.2. The van der Waals surface area contributed by atoms with Gasteiger partial charge in [-0.3, -0.25) is 19.7 Å². The Bertz CT molecular complexity index is 1480. The van der Waals surface area contributed by atoms with Gasteiger partial charge in [0.15, 0.2) is 5.82 Å². The van der Waals surface area contributed by atoms with E-state index >= 15 is 0 Å². The summed E-state index contributed by atoms with van der Waals surface area (Å²) in [5.74, 6) is 0.984. The largest absolute Gasteiger partial charge is 0.444 e. The number of aryl methyl sites for hydroxylation is 1. The van der Waals surface area contributed by atoms with Crippen LogP contribution in [-0.4, -0.2) is 59.9 Å². The molecule has 4 aromatic heterocycles. The summed E-state index contributed by atoms with van der Waals surface area (Å²) < 4.78 is 7.08. The first-order chi connectivity index (χ1) is 17.7. The van der Waals surface area contributed by atoms with Crippen LogP contribution in [0, 0.1) is 6.92 Å². The van der Waals surface area contributed by atoms with Crippen LogP contribution in [0.3, 0.4) is 0 Å². The fourth-order valence-electron chi connectivity index (χ4n) is 4.17. The maximum Gasteiger partial charge on any atom is 0.407 e. The number of alkyl carbamates (subject to hydrolysis) is 1. The van der Waals surface area contributed by atoms with Crippen molar-refractivity contribution < 1.29 is 14.3 Å². The Kier molecular flexibility index (Phi) is 6.28. The topological polar surface area (TPSA) is 128 Å². The highest BCUT2D eigenvalue weighted by molar-refractivity contribution is 5.93. The Morgan fingerprint density at radius 2 is 1.89 bits per heavy atom. The first-order valence-electron chi connectivity index (χ1n) is 12.1. The molecule has 11 nitrogen and oxygen atoms in total. The van der Waals surface area contributed by atoms with E-state index in [1.165, 1.54) is 0 Å². The summed E-state index contributed by atoms with van der Waals surface area (Å²) in [6.07, 6.45) is 7.15. The van der Waals surface area contributed by atoms with Crippen molar-refractivity contribution in [2.45, 2.75) is 52.2 Å². The van der Waals surface area contributed by atoms with Crippen molar-refractivity contribution in [3.8, 4) is 17.2 Å². The summed E-state index contributed by atoms with van der Waals surface area (Å²) in [7, 11) is 0. The lowest BCUT2D eigenvalue weighted by molar-refractivity contribution is -0.119. The number of nitrogens with one attached hydrogen (secondary N) is 1. The van der Waals surface area contributed by atoms with Gasteiger partial charge in [-0.2, -0.15) is 5.10 Å². The first-order valence-corrected chi connectivity index (χ1v) is 12.1. The molecule has 5 rings (SSSR count). The van der Waals surface area contributed by atoms with E-state index in [1.807, 2.05) is 45.9 Å². The van der Waals surface area contributed by atoms with Crippen LogP contribution in [0.5, 0.6) is 0 Å². The molecule has 0 aromatic carbocycles. The molecule has 0 aliphatic carbocycles. The lowest BCUT2D eigenvalue weighted by atomic mass is 10.1. The number of carbonyl (C=O) groups is 2. The van der Waals surface area contributed by atoms with E-state index in [0.717, 1.165) is 16.6 Å². The van der Waals surface area contributed by atoms with E-state index in [9.17, 15) is 9.59 Å². The SMILES string of the molecule is Cc1cncc(-c2cc3c(cn2)cnn3-c2cccc(N3C[C@@H](NC(=O)OC(C)(C)C)CCC3=O)n2)n1. The van der Waals surface area contributed by atoms with Gasteiger partial charge in [0, 0.05) is 30.7 Å². The van der Waals surface area contributed by atoms with Crippen molar-refractivity contribution in [2.75, 3.05) is 11.4 Å². The molecule has 0 bridgehead atoms. The van der Waals surface area contributed by atoms with E-state index < -0.39 is 11.7 Å². The highest BCUT2D eigenvalue weighted by Crippen LogP contribution is 2.25. The molecule has 190 valence electrons. The maximum atomic E-state index is 12.8. The predicted octanol–water partition coefficient (Wildman–Crippen LogP) is 3.60. The molecule has 1 atom stereocenters. The normalized spacial score (nSPS) is 16.2. The molecule has 4 aromatic rings. The number of hydrogen-bond donors (Lipinski definition) is 1. The second-order valence-electron chi connectivity index (χ2n) is 9.97. The second-order valence-corrected chi connectivity index (χ2v) is 9.97. The number of amides is 2. The Morgan fingerprint density at radius 3 is 2.68 bits per heavy atom. The predicted molar refractivity (Wildman–Crippen MR) is 137 cm³/mol. The number of carbonyl (C=O) groups excluding carboxylic acids is 2. The minimum atomic E-state index is -0.599. The number of ether oxygens (including phenoxy) is 1. The number of fused-ring (bicyclic) bond motifs is 1. The van der Waals surface area contributed by atoms with Gasteiger partial charge < -0.3 is 10.1 Å². The Hall–Kier alpha value is -4.41. The van der Waals surface area contributed by atoms with Crippen LogP contribution >= 0.6 is 0 Å². The van der Waals surface area contributed by atoms with E-state index in [4.69, 9.17) is 9.72 Å². The zero-order valence-electron chi connectivity index (χ0n) is 21.2. The minimum absolute atomic E-state index is 0.0540. The number of pyridine rings is 2. The average Bonchev–Trinajstić information content (AvgIpc) is 3.27. The first kappa shape index (κ1) is 24.3. The summed E-state index contributed by atoms with van der Waals surface area (Å²) in [5, 5.41) is 8.22. The molecule has 2 amide bonds. The van der Waals surface area contributed by atoms with Crippen molar-refractivity contribution in [2.24, 2.45) is 0 Å². The zero-order chi connectivity index (χ0) is 26.2. The lowest BCUT2D eigenvalue weighted by Gasteiger charge is -2.33. The second kappa shape index (κ2) is 9.57. The molecule has 0 unspecified atom stereocenters. The molecule has 1 saturated heterocycles. The summed E-state index contributed by atoms with van der Waals surface area (Å²) in [6.45, 7) is 7.61. The standard InChI is InChI=1S/C26H28N8O3/c1-16-11-27-14-20(30-16)19-10-21-17(12-28-19)13-29-34(21)23-7-5-6-22(32-23)33-15-18(8-9-24(33)35)31-25(36)37-26(2,3)4/h5-7,10-14,18H,8-9,15H2,1-4H3,(H,31,36)/t18-/m0/s1. The summed E-state index contributed by atoms with van der Waals surface area (Å²) >= 11 is 0. The van der Waals surface area contributed by atoms with Gasteiger partial charge in [-0.15, -0.1) is 0 Å². The number of nitrogens with zero attached hydrogens (tertiary/aromatic N) is 7. The van der Waals surface area contributed by atoms with Gasteiger partial charge in [0.25, 0.3) is 0 Å². The third kappa shape index (κ3) is 5.40. The van der Waals surface area contributed by atoms with Crippen LogP contribution in [0.4, 0.5) is 10.6 Å². The van der Waals surface area contributed by atoms with Crippen molar-refractivity contribution >= 4 is 28.7 Å². The molecule has 5 heterocycles. The Balaban J connectivity index is 1.42. The van der Waals surface area contributed by atoms with Crippen molar-refractivity contribution in [3.05, 3.63) is 54.7 Å². The molecule has 0 spiro atoms. The molecule has 37 heavy (non-hydrogen) atoms. The highest BCUT2D eigenvalue weighted by atomic mass is 16.6. The molecule has 1 N–H and O–H groups in total. The molecular weight excluding hydrogens is 472 g/mol. The number of anilines is 1. The van der Waals surface area contributed by atoms with Crippen LogP contribution in [-0.2, 0) is 9.53 Å². The van der Waals surface area contributed by atoms with Gasteiger partial charge in [-0.1, -0.05) is 6.07 Å². The van der Waals surface area contributed by atoms with Gasteiger partial charge >= 0.3 is 6.09 Å². The van der Waals surface area contributed by atoms with Gasteiger partial charge in [0.2, 0.25) is 5.91 Å². The third-order valence-electron chi connectivity index (χ3n) is 5.81. The summed E-state index contributed by atoms with van der Waals surface area (Å²) in [6, 6.07) is 7.09. The smallest absolute Gasteiger partial charge is 0.407 e. The number of hydrogen-bond acceptors (Lipinski definition) is 8. The van der Waals surface area contributed by atoms with Gasteiger partial charge in [-0.05, 0) is 52.3 Å². The van der Waals surface area contributed by atoms with Gasteiger partial charge in [-0.25, -0.2) is 19.4 Å². The molecular formula is C26H28N8O3. The summed E-state index contributed by atoms with van der Waals surface area (Å²) in [5.41, 5.74) is 2.33. The number of aromatic nitrogens is 6. The van der Waals surface area contributed by atoms with Crippen LogP contribution in [0.25, 0.3) is 28.1 Å². The van der Waals surface area contributed by atoms with Gasteiger partial charge in [0.1, 0.15) is 17.1 Å². The van der Waals surface area contributed by atoms with Crippen molar-refractivity contribution in [1.82, 2.24) is 35.0 Å². The molecule has 11 heteroatoms. The van der Waals surface area contributed by atoms with Crippen LogP contribution in [0.1, 0.15) is 39.3 Å². The Morgan fingerprint density at radius 1 is 1.08 bits per heavy atom. The van der Waals surface area contributed by atoms with Crippen LogP contribution in [0.15, 0.2) is 49.1 Å². The fourth-order valence-corrected chi connectivity index (χ4v) is 4.17. The minimum Gasteiger partial charge on any atom is -0.444 e. The molecule has 1 fully saturated rings. The third-order valence-corrected chi connectivity index (χ3v) is 5.81. The number of rotatable bonds is 4. The van der Waals surface area contributed by atoms with Crippen molar-refractivity contribution in [3.63, 3.8) is 0 Å². The lowest BCUT2D eigenvalue weighted by Crippen LogP contribution is -2.51. The molecule has 0 saturated carbocycles. The van der Waals surface area contributed by atoms with E-state index in [1.54, 1.807) is 40.4 Å². The molecule has 1 aliphatic heterocycles. The summed E-state index contributed by atoms with van der Waals surface area (Å²) in [4.78, 5) is 44.6. The average molecular weight is 501 g/mol.